The lowest BCUT2D eigenvalue weighted by atomic mass is 9.91. The van der Waals surface area contributed by atoms with Crippen molar-refractivity contribution in [3.63, 3.8) is 0 Å². The van der Waals surface area contributed by atoms with E-state index in [-0.39, 0.29) is 5.97 Å². The molecule has 0 aliphatic carbocycles. The molecule has 1 aliphatic rings. The Morgan fingerprint density at radius 1 is 1.33 bits per heavy atom. The number of aliphatic hydroxyl groups is 2. The number of hydrogen-bond donors (Lipinski definition) is 2. The van der Waals surface area contributed by atoms with Gasteiger partial charge in [-0.3, -0.25) is 4.79 Å². The van der Waals surface area contributed by atoms with Crippen LogP contribution in [0.1, 0.15) is 64.9 Å². The Kier molecular flexibility index (Phi) is 7.87. The molecule has 0 radical (unpaired) electrons. The zero-order valence-electron chi connectivity index (χ0n) is 16.6. The highest BCUT2D eigenvalue weighted by molar-refractivity contribution is 5.72. The minimum absolute atomic E-state index is 0.241. The first kappa shape index (κ1) is 21.5. The van der Waals surface area contributed by atoms with Crippen LogP contribution in [0.2, 0.25) is 0 Å². The van der Waals surface area contributed by atoms with E-state index in [9.17, 15) is 15.0 Å². The minimum atomic E-state index is -0.774. The molecule has 0 aromatic carbocycles. The average Bonchev–Trinajstić information content (AvgIpc) is 3.22. The van der Waals surface area contributed by atoms with Crippen LogP contribution in [0.4, 0.5) is 0 Å². The van der Waals surface area contributed by atoms with Crippen LogP contribution in [0.25, 0.3) is 0 Å². The van der Waals surface area contributed by atoms with Crippen LogP contribution in [-0.4, -0.2) is 34.0 Å². The number of cyclic esters (lactones) is 1. The first-order chi connectivity index (χ1) is 12.8. The predicted octanol–water partition coefficient (Wildman–Crippen LogP) is 4.09. The van der Waals surface area contributed by atoms with Gasteiger partial charge in [0, 0.05) is 6.42 Å². The largest absolute Gasteiger partial charge is 0.472 e. The van der Waals surface area contributed by atoms with Crippen LogP contribution in [-0.2, 0) is 16.0 Å². The topological polar surface area (TPSA) is 79.9 Å². The number of allylic oxidation sites excluding steroid dienone is 2. The average molecular weight is 376 g/mol. The van der Waals surface area contributed by atoms with Crippen LogP contribution in [0, 0.1) is 0 Å². The number of furan rings is 1. The molecule has 3 atom stereocenters. The monoisotopic (exact) mass is 376 g/mol. The van der Waals surface area contributed by atoms with E-state index in [1.54, 1.807) is 19.5 Å². The normalized spacial score (nSPS) is 23.4. The van der Waals surface area contributed by atoms with Gasteiger partial charge in [-0.05, 0) is 70.9 Å². The Balaban J connectivity index is 1.73. The van der Waals surface area contributed by atoms with Crippen LogP contribution >= 0.6 is 0 Å². The van der Waals surface area contributed by atoms with Gasteiger partial charge in [-0.1, -0.05) is 23.3 Å². The summed E-state index contributed by atoms with van der Waals surface area (Å²) in [7, 11) is 0. The summed E-state index contributed by atoms with van der Waals surface area (Å²) in [5.74, 6) is -0.241. The number of ether oxygens (including phenoxy) is 1. The highest BCUT2D eigenvalue weighted by atomic mass is 16.6. The fourth-order valence-corrected chi connectivity index (χ4v) is 3.42. The van der Waals surface area contributed by atoms with E-state index >= 15 is 0 Å². The summed E-state index contributed by atoms with van der Waals surface area (Å²) in [6, 6.07) is 1.96. The molecule has 1 aliphatic heterocycles. The number of aryl methyl sites for hydroxylation is 1. The molecule has 0 amide bonds. The standard InChI is InChI=1S/C22H32O5/c1-16(5-4-6-18-10-12-26-15-18)13-19(23)14-17(2)7-8-20(24)22(3)11-9-21(25)27-22/h5,10,12,14-15,19-20,23-24H,4,6-9,11,13H2,1-3H3/b16-5+,17-14+. The number of esters is 1. The Bertz CT molecular complexity index is 658. The van der Waals surface area contributed by atoms with E-state index < -0.39 is 17.8 Å². The zero-order valence-corrected chi connectivity index (χ0v) is 16.6. The molecule has 1 saturated heterocycles. The van der Waals surface area contributed by atoms with Crippen molar-refractivity contribution in [1.29, 1.82) is 0 Å². The summed E-state index contributed by atoms with van der Waals surface area (Å²) in [5.41, 5.74) is 2.58. The molecule has 2 heterocycles. The summed E-state index contributed by atoms with van der Waals surface area (Å²) in [5, 5.41) is 20.6. The molecule has 5 nitrogen and oxygen atoms in total. The second-order valence-corrected chi connectivity index (χ2v) is 7.85. The maximum atomic E-state index is 11.3. The van der Waals surface area contributed by atoms with E-state index in [0.717, 1.165) is 24.0 Å². The molecule has 1 aromatic heterocycles. The zero-order chi connectivity index (χ0) is 19.9. The fraction of sp³-hybridized carbons (Fsp3) is 0.591. The van der Waals surface area contributed by atoms with Crippen molar-refractivity contribution in [2.75, 3.05) is 0 Å². The quantitative estimate of drug-likeness (QED) is 0.475. The van der Waals surface area contributed by atoms with Crippen LogP contribution < -0.4 is 0 Å². The maximum absolute atomic E-state index is 11.3. The number of aliphatic hydroxyl groups excluding tert-OH is 2. The van der Waals surface area contributed by atoms with Gasteiger partial charge in [0.15, 0.2) is 0 Å². The first-order valence-electron chi connectivity index (χ1n) is 9.70. The number of carbonyl (C=O) groups excluding carboxylic acids is 1. The molecular weight excluding hydrogens is 344 g/mol. The number of hydrogen-bond acceptors (Lipinski definition) is 5. The van der Waals surface area contributed by atoms with Gasteiger partial charge in [0.1, 0.15) is 5.60 Å². The van der Waals surface area contributed by atoms with Crippen LogP contribution in [0.3, 0.4) is 0 Å². The van der Waals surface area contributed by atoms with Gasteiger partial charge < -0.3 is 19.4 Å². The third kappa shape index (κ3) is 7.00. The Hall–Kier alpha value is -1.85. The SMILES string of the molecule is C/C(=C\C(O)C/C(C)=C/CCc1ccoc1)CCC(O)C1(C)CCC(=O)O1. The van der Waals surface area contributed by atoms with Gasteiger partial charge in [0.2, 0.25) is 0 Å². The van der Waals surface area contributed by atoms with Crippen molar-refractivity contribution in [1.82, 2.24) is 0 Å². The lowest BCUT2D eigenvalue weighted by Gasteiger charge is -2.28. The van der Waals surface area contributed by atoms with Crippen molar-refractivity contribution < 1.29 is 24.2 Å². The van der Waals surface area contributed by atoms with Crippen LogP contribution in [0.15, 0.2) is 46.3 Å². The summed E-state index contributed by atoms with van der Waals surface area (Å²) in [6.07, 6.45) is 10.8. The Labute approximate surface area is 161 Å². The van der Waals surface area contributed by atoms with E-state index in [0.29, 0.717) is 32.1 Å². The predicted molar refractivity (Wildman–Crippen MR) is 104 cm³/mol. The second kappa shape index (κ2) is 9.90. The van der Waals surface area contributed by atoms with E-state index in [1.165, 1.54) is 5.56 Å². The van der Waals surface area contributed by atoms with Crippen molar-refractivity contribution in [2.45, 2.75) is 83.5 Å². The van der Waals surface area contributed by atoms with Gasteiger partial charge in [-0.2, -0.15) is 0 Å². The molecule has 27 heavy (non-hydrogen) atoms. The number of carbonyl (C=O) groups is 1. The summed E-state index contributed by atoms with van der Waals surface area (Å²) in [4.78, 5) is 11.3. The van der Waals surface area contributed by atoms with Gasteiger partial charge in [-0.25, -0.2) is 0 Å². The lowest BCUT2D eigenvalue weighted by Crippen LogP contribution is -2.39. The van der Waals surface area contributed by atoms with E-state index in [1.807, 2.05) is 26.0 Å². The maximum Gasteiger partial charge on any atom is 0.306 e. The molecule has 0 spiro atoms. The number of rotatable bonds is 10. The third-order valence-electron chi connectivity index (χ3n) is 5.20. The summed E-state index contributed by atoms with van der Waals surface area (Å²) in [6.45, 7) is 5.77. The summed E-state index contributed by atoms with van der Waals surface area (Å²) >= 11 is 0. The lowest BCUT2D eigenvalue weighted by molar-refractivity contribution is -0.156. The highest BCUT2D eigenvalue weighted by Gasteiger charge is 2.41. The fourth-order valence-electron chi connectivity index (χ4n) is 3.42. The van der Waals surface area contributed by atoms with E-state index in [4.69, 9.17) is 9.15 Å². The second-order valence-electron chi connectivity index (χ2n) is 7.85. The molecule has 0 bridgehead atoms. The van der Waals surface area contributed by atoms with Crippen LogP contribution in [0.5, 0.6) is 0 Å². The Morgan fingerprint density at radius 2 is 2.11 bits per heavy atom. The molecule has 150 valence electrons. The first-order valence-corrected chi connectivity index (χ1v) is 9.70. The Morgan fingerprint density at radius 3 is 2.74 bits per heavy atom. The van der Waals surface area contributed by atoms with Gasteiger partial charge in [-0.15, -0.1) is 0 Å². The molecule has 2 N–H and O–H groups in total. The molecular formula is C22H32O5. The van der Waals surface area contributed by atoms with Crippen molar-refractivity contribution in [3.05, 3.63) is 47.5 Å². The highest BCUT2D eigenvalue weighted by Crippen LogP contribution is 2.32. The van der Waals surface area contributed by atoms with E-state index in [2.05, 4.69) is 6.08 Å². The molecule has 1 fully saturated rings. The molecule has 3 unspecified atom stereocenters. The molecule has 5 heteroatoms. The van der Waals surface area contributed by atoms with Gasteiger partial charge in [0.05, 0.1) is 24.7 Å². The molecule has 2 rings (SSSR count). The summed E-state index contributed by atoms with van der Waals surface area (Å²) < 4.78 is 10.3. The van der Waals surface area contributed by atoms with Crippen molar-refractivity contribution in [2.24, 2.45) is 0 Å². The molecule has 0 saturated carbocycles. The third-order valence-corrected chi connectivity index (χ3v) is 5.20. The van der Waals surface area contributed by atoms with Crippen molar-refractivity contribution in [3.8, 4) is 0 Å². The van der Waals surface area contributed by atoms with Gasteiger partial charge >= 0.3 is 5.97 Å². The minimum Gasteiger partial charge on any atom is -0.472 e. The van der Waals surface area contributed by atoms with Crippen molar-refractivity contribution >= 4 is 5.97 Å². The van der Waals surface area contributed by atoms with Gasteiger partial charge in [0.25, 0.3) is 0 Å². The smallest absolute Gasteiger partial charge is 0.306 e. The molecule has 1 aromatic rings.